The fourth-order valence-corrected chi connectivity index (χ4v) is 3.81. The molecule has 0 bridgehead atoms. The summed E-state index contributed by atoms with van der Waals surface area (Å²) < 4.78 is 14.2. The molecule has 0 saturated heterocycles. The third-order valence-corrected chi connectivity index (χ3v) is 5.58. The van der Waals surface area contributed by atoms with Gasteiger partial charge in [-0.2, -0.15) is 4.98 Å². The topological polar surface area (TPSA) is 85.7 Å². The molecule has 0 radical (unpaired) electrons. The zero-order chi connectivity index (χ0) is 22.3. The molecule has 2 aromatic carbocycles. The SMILES string of the molecule is C=Nc1cnc(NC2CCC(O)CC2)nc1N(CNc1ccccc1F)c1ccccc1. The van der Waals surface area contributed by atoms with E-state index in [0.29, 0.717) is 23.1 Å². The lowest BCUT2D eigenvalue weighted by atomic mass is 9.93. The summed E-state index contributed by atoms with van der Waals surface area (Å²) in [5.74, 6) is 0.719. The number of para-hydroxylation sites is 2. The zero-order valence-electron chi connectivity index (χ0n) is 17.8. The molecule has 0 atom stereocenters. The fraction of sp³-hybridized carbons (Fsp3) is 0.292. The van der Waals surface area contributed by atoms with Crippen LogP contribution in [-0.4, -0.2) is 40.6 Å². The summed E-state index contributed by atoms with van der Waals surface area (Å²) in [7, 11) is 0. The van der Waals surface area contributed by atoms with E-state index in [1.54, 1.807) is 24.4 Å². The third kappa shape index (κ3) is 5.20. The summed E-state index contributed by atoms with van der Waals surface area (Å²) in [4.78, 5) is 15.2. The van der Waals surface area contributed by atoms with E-state index in [2.05, 4.69) is 27.3 Å². The van der Waals surface area contributed by atoms with E-state index >= 15 is 0 Å². The largest absolute Gasteiger partial charge is 0.393 e. The summed E-state index contributed by atoms with van der Waals surface area (Å²) in [6, 6.07) is 16.4. The monoisotopic (exact) mass is 434 g/mol. The Bertz CT molecular complexity index is 1040. The van der Waals surface area contributed by atoms with Crippen molar-refractivity contribution in [1.29, 1.82) is 0 Å². The molecule has 1 aliphatic rings. The number of rotatable bonds is 8. The van der Waals surface area contributed by atoms with Gasteiger partial charge in [0.15, 0.2) is 5.82 Å². The minimum atomic E-state index is -0.327. The minimum absolute atomic E-state index is 0.204. The molecule has 8 heteroatoms. The molecule has 0 aliphatic heterocycles. The van der Waals surface area contributed by atoms with Crippen LogP contribution in [-0.2, 0) is 0 Å². The first-order chi connectivity index (χ1) is 15.6. The van der Waals surface area contributed by atoms with Gasteiger partial charge in [0.1, 0.15) is 11.5 Å². The van der Waals surface area contributed by atoms with Crippen LogP contribution < -0.4 is 15.5 Å². The molecule has 3 aromatic rings. The average Bonchev–Trinajstić information content (AvgIpc) is 2.83. The molecule has 0 unspecified atom stereocenters. The van der Waals surface area contributed by atoms with Crippen molar-refractivity contribution in [2.24, 2.45) is 4.99 Å². The lowest BCUT2D eigenvalue weighted by Gasteiger charge is -2.28. The number of hydrogen-bond acceptors (Lipinski definition) is 7. The van der Waals surface area contributed by atoms with Crippen LogP contribution in [0.25, 0.3) is 0 Å². The number of aromatic nitrogens is 2. The van der Waals surface area contributed by atoms with Gasteiger partial charge in [-0.15, -0.1) is 0 Å². The first-order valence-electron chi connectivity index (χ1n) is 10.7. The van der Waals surface area contributed by atoms with Gasteiger partial charge in [0.2, 0.25) is 5.95 Å². The summed E-state index contributed by atoms with van der Waals surface area (Å²) in [5, 5.41) is 16.3. The van der Waals surface area contributed by atoms with Crippen LogP contribution >= 0.6 is 0 Å². The second-order valence-corrected chi connectivity index (χ2v) is 7.79. The number of anilines is 4. The van der Waals surface area contributed by atoms with Crippen molar-refractivity contribution >= 4 is 35.5 Å². The van der Waals surface area contributed by atoms with Gasteiger partial charge in [0.25, 0.3) is 0 Å². The van der Waals surface area contributed by atoms with Crippen LogP contribution in [0.2, 0.25) is 0 Å². The highest BCUT2D eigenvalue weighted by atomic mass is 19.1. The molecule has 32 heavy (non-hydrogen) atoms. The summed E-state index contributed by atoms with van der Waals surface area (Å²) >= 11 is 0. The van der Waals surface area contributed by atoms with Crippen LogP contribution in [0.4, 0.5) is 33.2 Å². The number of aliphatic hydroxyl groups is 1. The van der Waals surface area contributed by atoms with Crippen molar-refractivity contribution in [1.82, 2.24) is 9.97 Å². The van der Waals surface area contributed by atoms with Crippen molar-refractivity contribution in [2.75, 3.05) is 22.2 Å². The predicted molar refractivity (Wildman–Crippen MR) is 127 cm³/mol. The van der Waals surface area contributed by atoms with Gasteiger partial charge >= 0.3 is 0 Å². The van der Waals surface area contributed by atoms with Crippen molar-refractivity contribution in [3.63, 3.8) is 0 Å². The lowest BCUT2D eigenvalue weighted by molar-refractivity contribution is 0.126. The predicted octanol–water partition coefficient (Wildman–Crippen LogP) is 4.87. The zero-order valence-corrected chi connectivity index (χ0v) is 17.8. The Balaban J connectivity index is 1.63. The smallest absolute Gasteiger partial charge is 0.224 e. The fourth-order valence-electron chi connectivity index (χ4n) is 3.81. The second kappa shape index (κ2) is 10.2. The van der Waals surface area contributed by atoms with Gasteiger partial charge < -0.3 is 20.6 Å². The van der Waals surface area contributed by atoms with Gasteiger partial charge in [0.05, 0.1) is 24.7 Å². The molecule has 166 valence electrons. The summed E-state index contributed by atoms with van der Waals surface area (Å²) in [6.45, 7) is 3.93. The summed E-state index contributed by atoms with van der Waals surface area (Å²) in [5.41, 5.74) is 1.79. The number of benzene rings is 2. The summed E-state index contributed by atoms with van der Waals surface area (Å²) in [6.07, 6.45) is 4.65. The van der Waals surface area contributed by atoms with Crippen molar-refractivity contribution in [3.05, 3.63) is 66.6 Å². The number of halogens is 1. The van der Waals surface area contributed by atoms with E-state index in [9.17, 15) is 9.50 Å². The molecular weight excluding hydrogens is 407 g/mol. The Labute approximate surface area is 187 Å². The highest BCUT2D eigenvalue weighted by Crippen LogP contribution is 2.33. The van der Waals surface area contributed by atoms with Gasteiger partial charge in [-0.25, -0.2) is 9.37 Å². The number of hydrogen-bond donors (Lipinski definition) is 3. The highest BCUT2D eigenvalue weighted by Gasteiger charge is 2.22. The number of nitrogens with one attached hydrogen (secondary N) is 2. The number of aliphatic imine (C=N–C) groups is 1. The van der Waals surface area contributed by atoms with E-state index in [-0.39, 0.29) is 24.6 Å². The third-order valence-electron chi connectivity index (χ3n) is 5.58. The first-order valence-corrected chi connectivity index (χ1v) is 10.7. The molecule has 4 rings (SSSR count). The molecule has 0 spiro atoms. The Morgan fingerprint density at radius 1 is 1.06 bits per heavy atom. The van der Waals surface area contributed by atoms with E-state index in [1.165, 1.54) is 6.07 Å². The van der Waals surface area contributed by atoms with Crippen molar-refractivity contribution in [2.45, 2.75) is 37.8 Å². The van der Waals surface area contributed by atoms with Crippen LogP contribution in [0.1, 0.15) is 25.7 Å². The first kappa shape index (κ1) is 21.7. The second-order valence-electron chi connectivity index (χ2n) is 7.79. The maximum Gasteiger partial charge on any atom is 0.224 e. The van der Waals surface area contributed by atoms with Gasteiger partial charge in [-0.05, 0) is 56.7 Å². The minimum Gasteiger partial charge on any atom is -0.393 e. The van der Waals surface area contributed by atoms with Crippen LogP contribution in [0, 0.1) is 5.82 Å². The highest BCUT2D eigenvalue weighted by molar-refractivity contribution is 5.73. The molecule has 1 saturated carbocycles. The van der Waals surface area contributed by atoms with Crippen LogP contribution in [0.3, 0.4) is 0 Å². The quantitative estimate of drug-likeness (QED) is 0.346. The van der Waals surface area contributed by atoms with E-state index in [0.717, 1.165) is 31.4 Å². The Hall–Kier alpha value is -3.52. The normalized spacial score (nSPS) is 18.1. The molecule has 1 fully saturated rings. The Kier molecular flexibility index (Phi) is 6.91. The lowest BCUT2D eigenvalue weighted by Crippen LogP contribution is -2.30. The molecule has 1 heterocycles. The van der Waals surface area contributed by atoms with E-state index in [1.807, 2.05) is 35.2 Å². The number of nitrogens with zero attached hydrogens (tertiary/aromatic N) is 4. The van der Waals surface area contributed by atoms with Gasteiger partial charge in [0, 0.05) is 11.7 Å². The van der Waals surface area contributed by atoms with E-state index in [4.69, 9.17) is 4.98 Å². The Morgan fingerprint density at radius 3 is 2.50 bits per heavy atom. The van der Waals surface area contributed by atoms with Crippen LogP contribution in [0.5, 0.6) is 0 Å². The van der Waals surface area contributed by atoms with E-state index < -0.39 is 0 Å². The molecule has 3 N–H and O–H groups in total. The molecule has 0 amide bonds. The van der Waals surface area contributed by atoms with Gasteiger partial charge in [-0.3, -0.25) is 4.99 Å². The molecule has 1 aromatic heterocycles. The maximum atomic E-state index is 14.2. The van der Waals surface area contributed by atoms with Crippen molar-refractivity contribution in [3.8, 4) is 0 Å². The Morgan fingerprint density at radius 2 is 1.78 bits per heavy atom. The van der Waals surface area contributed by atoms with Crippen LogP contribution in [0.15, 0.2) is 65.8 Å². The number of aliphatic hydroxyl groups excluding tert-OH is 1. The molecular formula is C24H27FN6O. The van der Waals surface area contributed by atoms with Crippen molar-refractivity contribution < 1.29 is 9.50 Å². The van der Waals surface area contributed by atoms with Gasteiger partial charge in [-0.1, -0.05) is 30.3 Å². The standard InChI is InChI=1S/C24H27FN6O/c1-26-22-15-27-24(29-17-11-13-19(32)14-12-17)30-23(22)31(18-7-3-2-4-8-18)16-28-21-10-6-5-9-20(21)25/h2-10,15,17,19,28,32H,1,11-14,16H2,(H,27,29,30). The average molecular weight is 435 g/mol. The molecule has 7 nitrogen and oxygen atoms in total. The molecule has 1 aliphatic carbocycles. The maximum absolute atomic E-state index is 14.2.